The van der Waals surface area contributed by atoms with Gasteiger partial charge < -0.3 is 15.1 Å². The number of nitrogens with one attached hydrogen (secondary N) is 1. The molecule has 0 aromatic heterocycles. The molecule has 3 unspecified atom stereocenters. The Hall–Kier alpha value is -1.10. The average molecular weight is 281 g/mol. The first-order valence-corrected chi connectivity index (χ1v) is 7.80. The van der Waals surface area contributed by atoms with Crippen molar-refractivity contribution in [2.75, 3.05) is 19.6 Å². The third kappa shape index (κ3) is 2.55. The molecule has 0 aliphatic carbocycles. The van der Waals surface area contributed by atoms with Crippen molar-refractivity contribution >= 4 is 11.8 Å². The molecule has 0 radical (unpaired) electrons. The normalized spacial score (nSPS) is 36.1. The minimum Gasteiger partial charge on any atom is -0.340 e. The molecule has 0 bridgehead atoms. The van der Waals surface area contributed by atoms with Crippen LogP contribution in [0.5, 0.6) is 0 Å². The summed E-state index contributed by atoms with van der Waals surface area (Å²) in [6.07, 6.45) is 2.73. The molecule has 2 amide bonds. The van der Waals surface area contributed by atoms with E-state index in [1.165, 1.54) is 0 Å². The van der Waals surface area contributed by atoms with Crippen molar-refractivity contribution in [1.82, 2.24) is 15.1 Å². The number of hydrogen-bond acceptors (Lipinski definition) is 3. The summed E-state index contributed by atoms with van der Waals surface area (Å²) in [6.45, 7) is 10.8. The molecular formula is C15H27N3O2. The second-order valence-corrected chi connectivity index (χ2v) is 6.25. The van der Waals surface area contributed by atoms with Gasteiger partial charge in [-0.3, -0.25) is 9.59 Å². The minimum absolute atomic E-state index is 0.0254. The van der Waals surface area contributed by atoms with E-state index in [0.29, 0.717) is 6.42 Å². The van der Waals surface area contributed by atoms with Crippen molar-refractivity contribution in [2.45, 2.75) is 64.6 Å². The summed E-state index contributed by atoms with van der Waals surface area (Å²) in [4.78, 5) is 29.2. The monoisotopic (exact) mass is 281 g/mol. The summed E-state index contributed by atoms with van der Waals surface area (Å²) >= 11 is 0. The van der Waals surface area contributed by atoms with Gasteiger partial charge in [-0.05, 0) is 46.2 Å². The van der Waals surface area contributed by atoms with Crippen LogP contribution in [0.2, 0.25) is 0 Å². The van der Waals surface area contributed by atoms with Crippen molar-refractivity contribution in [3.63, 3.8) is 0 Å². The number of likely N-dealkylation sites (N-methyl/N-ethyl adjacent to an activating group) is 1. The van der Waals surface area contributed by atoms with Crippen LogP contribution in [0.15, 0.2) is 0 Å². The van der Waals surface area contributed by atoms with Gasteiger partial charge in [-0.1, -0.05) is 13.8 Å². The molecule has 0 saturated carbocycles. The van der Waals surface area contributed by atoms with Gasteiger partial charge in [-0.25, -0.2) is 0 Å². The summed E-state index contributed by atoms with van der Waals surface area (Å²) in [6, 6.07) is -0.188. The maximum absolute atomic E-state index is 12.8. The number of carbonyl (C=O) groups is 2. The van der Waals surface area contributed by atoms with E-state index in [2.05, 4.69) is 17.1 Å². The Labute approximate surface area is 121 Å². The Balaban J connectivity index is 2.22. The Bertz CT molecular complexity index is 399. The van der Waals surface area contributed by atoms with Crippen molar-refractivity contribution < 1.29 is 9.59 Å². The summed E-state index contributed by atoms with van der Waals surface area (Å²) in [5.41, 5.74) is -0.738. The molecule has 2 aliphatic rings. The molecule has 0 aromatic carbocycles. The van der Waals surface area contributed by atoms with Crippen LogP contribution in [0.3, 0.4) is 0 Å². The quantitative estimate of drug-likeness (QED) is 0.839. The molecule has 20 heavy (non-hydrogen) atoms. The van der Waals surface area contributed by atoms with E-state index in [0.717, 1.165) is 32.5 Å². The fraction of sp³-hybridized carbons (Fsp3) is 0.867. The van der Waals surface area contributed by atoms with Gasteiger partial charge >= 0.3 is 0 Å². The number of carbonyl (C=O) groups excluding carboxylic acids is 2. The molecule has 1 N–H and O–H groups in total. The molecule has 0 aromatic rings. The van der Waals surface area contributed by atoms with Crippen molar-refractivity contribution in [3.8, 4) is 0 Å². The Morgan fingerprint density at radius 2 is 2.05 bits per heavy atom. The Kier molecular flexibility index (Phi) is 4.37. The third-order valence-electron chi connectivity index (χ3n) is 4.93. The second kappa shape index (κ2) is 5.72. The molecular weight excluding hydrogens is 254 g/mol. The first kappa shape index (κ1) is 15.3. The maximum Gasteiger partial charge on any atom is 0.248 e. The molecule has 114 valence electrons. The number of likely N-dealkylation sites (tertiary alicyclic amines) is 1. The third-order valence-corrected chi connectivity index (χ3v) is 4.93. The highest BCUT2D eigenvalue weighted by molar-refractivity contribution is 5.99. The van der Waals surface area contributed by atoms with Crippen LogP contribution in [-0.4, -0.2) is 58.9 Å². The predicted molar refractivity (Wildman–Crippen MR) is 78.3 cm³/mol. The van der Waals surface area contributed by atoms with Gasteiger partial charge in [-0.15, -0.1) is 0 Å². The zero-order valence-electron chi connectivity index (χ0n) is 13.1. The van der Waals surface area contributed by atoms with Crippen LogP contribution in [0, 0.1) is 0 Å². The first-order chi connectivity index (χ1) is 9.42. The van der Waals surface area contributed by atoms with Crippen LogP contribution >= 0.6 is 0 Å². The molecule has 5 nitrogen and oxygen atoms in total. The van der Waals surface area contributed by atoms with Gasteiger partial charge in [0.1, 0.15) is 11.6 Å². The van der Waals surface area contributed by atoms with Gasteiger partial charge in [0.2, 0.25) is 11.8 Å². The van der Waals surface area contributed by atoms with Crippen LogP contribution < -0.4 is 5.32 Å². The second-order valence-electron chi connectivity index (χ2n) is 6.25. The van der Waals surface area contributed by atoms with Gasteiger partial charge in [-0.2, -0.15) is 0 Å². The van der Waals surface area contributed by atoms with E-state index >= 15 is 0 Å². The van der Waals surface area contributed by atoms with Crippen LogP contribution in [-0.2, 0) is 9.59 Å². The van der Waals surface area contributed by atoms with Crippen molar-refractivity contribution in [3.05, 3.63) is 0 Å². The summed E-state index contributed by atoms with van der Waals surface area (Å²) < 4.78 is 0. The molecule has 3 atom stereocenters. The average Bonchev–Trinajstić information content (AvgIpc) is 2.46. The highest BCUT2D eigenvalue weighted by atomic mass is 16.2. The molecule has 2 saturated heterocycles. The smallest absolute Gasteiger partial charge is 0.248 e. The van der Waals surface area contributed by atoms with Gasteiger partial charge in [0.15, 0.2) is 0 Å². The van der Waals surface area contributed by atoms with Crippen molar-refractivity contribution in [1.29, 1.82) is 0 Å². The van der Waals surface area contributed by atoms with E-state index in [9.17, 15) is 9.59 Å². The summed E-state index contributed by atoms with van der Waals surface area (Å²) in [5.74, 6) is 0.0534. The van der Waals surface area contributed by atoms with Crippen LogP contribution in [0.4, 0.5) is 0 Å². The van der Waals surface area contributed by atoms with E-state index < -0.39 is 5.54 Å². The fourth-order valence-corrected chi connectivity index (χ4v) is 3.28. The van der Waals surface area contributed by atoms with Gasteiger partial charge in [0, 0.05) is 12.6 Å². The molecule has 2 aliphatic heterocycles. The standard InChI is InChI=1S/C15H27N3O2/c1-5-15(4)14(20)18(11(3)13(19)16-15)12-8-7-9-17(6-2)10-12/h11-12H,5-10H2,1-4H3,(H,16,19). The Morgan fingerprint density at radius 3 is 2.65 bits per heavy atom. The predicted octanol–water partition coefficient (Wildman–Crippen LogP) is 0.986. The number of rotatable bonds is 3. The Morgan fingerprint density at radius 1 is 1.35 bits per heavy atom. The molecule has 2 heterocycles. The first-order valence-electron chi connectivity index (χ1n) is 7.80. The van der Waals surface area contributed by atoms with E-state index in [1.54, 1.807) is 0 Å². The summed E-state index contributed by atoms with van der Waals surface area (Å²) in [7, 11) is 0. The fourth-order valence-electron chi connectivity index (χ4n) is 3.28. The van der Waals surface area contributed by atoms with Crippen molar-refractivity contribution in [2.24, 2.45) is 0 Å². The van der Waals surface area contributed by atoms with E-state index in [-0.39, 0.29) is 23.9 Å². The van der Waals surface area contributed by atoms with Gasteiger partial charge in [0.25, 0.3) is 0 Å². The lowest BCUT2D eigenvalue weighted by Gasteiger charge is -2.48. The topological polar surface area (TPSA) is 52.6 Å². The number of piperazine rings is 1. The molecule has 2 fully saturated rings. The summed E-state index contributed by atoms with van der Waals surface area (Å²) in [5, 5.41) is 2.89. The number of nitrogens with zero attached hydrogens (tertiary/aromatic N) is 2. The molecule has 2 rings (SSSR count). The zero-order valence-corrected chi connectivity index (χ0v) is 13.1. The minimum atomic E-state index is -0.738. The lowest BCUT2D eigenvalue weighted by Crippen LogP contribution is -2.71. The lowest BCUT2D eigenvalue weighted by atomic mass is 9.89. The van der Waals surface area contributed by atoms with Gasteiger partial charge in [0.05, 0.1) is 0 Å². The van der Waals surface area contributed by atoms with Crippen LogP contribution in [0.1, 0.15) is 47.0 Å². The molecule has 5 heteroatoms. The molecule has 0 spiro atoms. The lowest BCUT2D eigenvalue weighted by molar-refractivity contribution is -0.158. The number of amides is 2. The largest absolute Gasteiger partial charge is 0.340 e. The van der Waals surface area contributed by atoms with E-state index in [4.69, 9.17) is 0 Å². The van der Waals surface area contributed by atoms with E-state index in [1.807, 2.05) is 25.7 Å². The van der Waals surface area contributed by atoms with Crippen LogP contribution in [0.25, 0.3) is 0 Å². The number of hydrogen-bond donors (Lipinski definition) is 1. The maximum atomic E-state index is 12.8. The number of piperidine rings is 1. The zero-order chi connectivity index (χ0) is 14.9. The SMILES string of the molecule is CCN1CCCC(N2C(=O)C(C)(CC)NC(=O)C2C)C1. The highest BCUT2D eigenvalue weighted by Crippen LogP contribution is 2.27. The highest BCUT2D eigenvalue weighted by Gasteiger charge is 2.48.